The zero-order chi connectivity index (χ0) is 13.0. The van der Waals surface area contributed by atoms with Gasteiger partial charge in [-0.3, -0.25) is 0 Å². The van der Waals surface area contributed by atoms with Gasteiger partial charge >= 0.3 is 0 Å². The normalized spacial score (nSPS) is 10.6. The van der Waals surface area contributed by atoms with Gasteiger partial charge in [0.2, 0.25) is 0 Å². The van der Waals surface area contributed by atoms with Crippen LogP contribution in [0.2, 0.25) is 0 Å². The molecule has 18 heavy (non-hydrogen) atoms. The fourth-order valence-electron chi connectivity index (χ4n) is 1.70. The molecule has 0 aromatic heterocycles. The molecule has 0 atom stereocenters. The minimum atomic E-state index is -0.173. The van der Waals surface area contributed by atoms with Crippen LogP contribution in [0.3, 0.4) is 0 Å². The maximum Gasteiger partial charge on any atom is 0.123 e. The summed E-state index contributed by atoms with van der Waals surface area (Å²) in [7, 11) is 0. The van der Waals surface area contributed by atoms with Crippen LogP contribution in [-0.4, -0.2) is 0 Å². The number of halogens is 1. The molecule has 2 aromatic rings. The van der Waals surface area contributed by atoms with Gasteiger partial charge in [-0.1, -0.05) is 18.2 Å². The molecule has 0 unspecified atom stereocenters. The molecule has 2 aromatic carbocycles. The van der Waals surface area contributed by atoms with Crippen LogP contribution < -0.4 is 5.73 Å². The Hall–Kier alpha value is -1.32. The Bertz CT molecular complexity index is 523. The summed E-state index contributed by atoms with van der Waals surface area (Å²) in [6, 6.07) is 13.2. The van der Waals surface area contributed by atoms with E-state index in [0.717, 1.165) is 16.9 Å². The zero-order valence-electron chi connectivity index (χ0n) is 10.3. The highest BCUT2D eigenvalue weighted by atomic mass is 32.2. The molecule has 0 spiro atoms. The first-order valence-corrected chi connectivity index (χ1v) is 6.84. The van der Waals surface area contributed by atoms with E-state index in [1.54, 1.807) is 17.8 Å². The third-order valence-electron chi connectivity index (χ3n) is 2.86. The fourth-order valence-corrected chi connectivity index (χ4v) is 2.68. The average molecular weight is 261 g/mol. The summed E-state index contributed by atoms with van der Waals surface area (Å²) < 4.78 is 13.0. The van der Waals surface area contributed by atoms with Crippen molar-refractivity contribution in [1.29, 1.82) is 0 Å². The van der Waals surface area contributed by atoms with Crippen molar-refractivity contribution >= 4 is 11.8 Å². The van der Waals surface area contributed by atoms with Crippen molar-refractivity contribution in [3.8, 4) is 0 Å². The van der Waals surface area contributed by atoms with Gasteiger partial charge in [0, 0.05) is 17.2 Å². The summed E-state index contributed by atoms with van der Waals surface area (Å²) in [6.45, 7) is 2.51. The molecule has 3 heteroatoms. The molecular weight excluding hydrogens is 245 g/mol. The number of thioether (sulfide) groups is 1. The summed E-state index contributed by atoms with van der Waals surface area (Å²) >= 11 is 1.75. The van der Waals surface area contributed by atoms with Crippen molar-refractivity contribution < 1.29 is 4.39 Å². The second-order valence-electron chi connectivity index (χ2n) is 4.21. The fraction of sp³-hybridized carbons (Fsp3) is 0.200. The number of benzene rings is 2. The van der Waals surface area contributed by atoms with Gasteiger partial charge in [0.05, 0.1) is 0 Å². The first kappa shape index (κ1) is 13.1. The first-order valence-electron chi connectivity index (χ1n) is 5.86. The number of hydrogen-bond acceptors (Lipinski definition) is 2. The predicted molar refractivity (Wildman–Crippen MR) is 75.0 cm³/mol. The van der Waals surface area contributed by atoms with Gasteiger partial charge in [0.25, 0.3) is 0 Å². The third kappa shape index (κ3) is 3.34. The van der Waals surface area contributed by atoms with E-state index in [9.17, 15) is 4.39 Å². The van der Waals surface area contributed by atoms with Gasteiger partial charge in [-0.2, -0.15) is 0 Å². The van der Waals surface area contributed by atoms with E-state index in [2.05, 4.69) is 12.1 Å². The number of nitrogens with two attached hydrogens (primary N) is 1. The van der Waals surface area contributed by atoms with E-state index >= 15 is 0 Å². The van der Waals surface area contributed by atoms with Gasteiger partial charge < -0.3 is 5.73 Å². The average Bonchev–Trinajstić information content (AvgIpc) is 2.38. The van der Waals surface area contributed by atoms with E-state index in [1.165, 1.54) is 16.5 Å². The molecule has 0 aliphatic heterocycles. The van der Waals surface area contributed by atoms with E-state index in [4.69, 9.17) is 5.73 Å². The molecule has 0 amide bonds. The molecule has 94 valence electrons. The Labute approximate surface area is 111 Å². The topological polar surface area (TPSA) is 26.0 Å². The summed E-state index contributed by atoms with van der Waals surface area (Å²) in [4.78, 5) is 1.20. The van der Waals surface area contributed by atoms with Gasteiger partial charge in [-0.15, -0.1) is 11.8 Å². The minimum absolute atomic E-state index is 0.173. The molecule has 1 nitrogen and oxygen atoms in total. The lowest BCUT2D eigenvalue weighted by Gasteiger charge is -2.06. The van der Waals surface area contributed by atoms with E-state index in [1.807, 2.05) is 25.1 Å². The Morgan fingerprint density at radius 1 is 1.11 bits per heavy atom. The van der Waals surface area contributed by atoms with Crippen LogP contribution in [0, 0.1) is 12.7 Å². The summed E-state index contributed by atoms with van der Waals surface area (Å²) in [6.07, 6.45) is 0. The monoisotopic (exact) mass is 261 g/mol. The van der Waals surface area contributed by atoms with Crippen LogP contribution in [0.15, 0.2) is 47.4 Å². The predicted octanol–water partition coefficient (Wildman–Crippen LogP) is 3.89. The summed E-state index contributed by atoms with van der Waals surface area (Å²) in [5.41, 5.74) is 8.86. The van der Waals surface area contributed by atoms with Gasteiger partial charge in [-0.05, 0) is 47.9 Å². The maximum atomic E-state index is 13.0. The van der Waals surface area contributed by atoms with Gasteiger partial charge in [0.15, 0.2) is 0 Å². The Morgan fingerprint density at radius 3 is 2.44 bits per heavy atom. The van der Waals surface area contributed by atoms with Crippen LogP contribution in [0.25, 0.3) is 0 Å². The van der Waals surface area contributed by atoms with Crippen molar-refractivity contribution in [3.05, 3.63) is 65.0 Å². The van der Waals surface area contributed by atoms with Gasteiger partial charge in [-0.25, -0.2) is 4.39 Å². The largest absolute Gasteiger partial charge is 0.326 e. The molecular formula is C15H16FNS. The Morgan fingerprint density at radius 2 is 1.83 bits per heavy atom. The molecule has 2 rings (SSSR count). The van der Waals surface area contributed by atoms with E-state index < -0.39 is 0 Å². The molecule has 0 aliphatic carbocycles. The second-order valence-corrected chi connectivity index (χ2v) is 5.26. The van der Waals surface area contributed by atoms with Crippen LogP contribution in [0.4, 0.5) is 4.39 Å². The Kier molecular flexibility index (Phi) is 4.39. The van der Waals surface area contributed by atoms with Crippen molar-refractivity contribution in [1.82, 2.24) is 0 Å². The Balaban J connectivity index is 2.02. The molecule has 0 radical (unpaired) electrons. The van der Waals surface area contributed by atoms with Crippen LogP contribution >= 0.6 is 11.8 Å². The first-order chi connectivity index (χ1) is 8.69. The van der Waals surface area contributed by atoms with Crippen molar-refractivity contribution in [2.24, 2.45) is 5.73 Å². The van der Waals surface area contributed by atoms with Crippen LogP contribution in [-0.2, 0) is 12.3 Å². The van der Waals surface area contributed by atoms with Crippen molar-refractivity contribution in [2.45, 2.75) is 24.1 Å². The summed E-state index contributed by atoms with van der Waals surface area (Å²) in [5, 5.41) is 0. The van der Waals surface area contributed by atoms with E-state index in [0.29, 0.717) is 6.54 Å². The lowest BCUT2D eigenvalue weighted by atomic mass is 10.1. The lowest BCUT2D eigenvalue weighted by molar-refractivity contribution is 0.626. The molecule has 0 saturated heterocycles. The van der Waals surface area contributed by atoms with Gasteiger partial charge in [0.1, 0.15) is 5.82 Å². The van der Waals surface area contributed by atoms with Crippen molar-refractivity contribution in [2.75, 3.05) is 0 Å². The zero-order valence-corrected chi connectivity index (χ0v) is 11.1. The SMILES string of the molecule is Cc1cc(F)ccc1CSc1ccc(CN)cc1. The number of aryl methyl sites for hydroxylation is 1. The quantitative estimate of drug-likeness (QED) is 0.845. The van der Waals surface area contributed by atoms with Crippen molar-refractivity contribution in [3.63, 3.8) is 0 Å². The molecule has 0 saturated carbocycles. The number of rotatable bonds is 4. The minimum Gasteiger partial charge on any atom is -0.326 e. The van der Waals surface area contributed by atoms with Crippen LogP contribution in [0.5, 0.6) is 0 Å². The highest BCUT2D eigenvalue weighted by Gasteiger charge is 2.01. The highest BCUT2D eigenvalue weighted by molar-refractivity contribution is 7.98. The lowest BCUT2D eigenvalue weighted by Crippen LogP contribution is -1.95. The third-order valence-corrected chi connectivity index (χ3v) is 3.92. The van der Waals surface area contributed by atoms with Crippen LogP contribution in [0.1, 0.15) is 16.7 Å². The molecule has 2 N–H and O–H groups in total. The molecule has 0 heterocycles. The number of hydrogen-bond donors (Lipinski definition) is 1. The smallest absolute Gasteiger partial charge is 0.123 e. The standard InChI is InChI=1S/C15H16FNS/c1-11-8-14(16)5-4-13(11)10-18-15-6-2-12(9-17)3-7-15/h2-8H,9-10,17H2,1H3. The molecule has 0 fully saturated rings. The summed E-state index contributed by atoms with van der Waals surface area (Å²) in [5.74, 6) is 0.683. The second kappa shape index (κ2) is 6.03. The highest BCUT2D eigenvalue weighted by Crippen LogP contribution is 2.24. The maximum absolute atomic E-state index is 13.0. The van der Waals surface area contributed by atoms with E-state index in [-0.39, 0.29) is 5.82 Å². The molecule has 0 aliphatic rings. The molecule has 0 bridgehead atoms.